The molecule has 18 heavy (non-hydrogen) atoms. The fourth-order valence-corrected chi connectivity index (χ4v) is 1.46. The molecule has 0 aliphatic rings. The molecule has 2 N–H and O–H groups in total. The van der Waals surface area contributed by atoms with E-state index in [0.29, 0.717) is 5.56 Å². The molecule has 98 valence electrons. The Kier molecular flexibility index (Phi) is 4.79. The Morgan fingerprint density at radius 3 is 2.72 bits per heavy atom. The number of benzene rings is 1. The normalized spacial score (nSPS) is 13.7. The van der Waals surface area contributed by atoms with Gasteiger partial charge in [0, 0.05) is 18.7 Å². The van der Waals surface area contributed by atoms with Crippen LogP contribution in [-0.2, 0) is 4.79 Å². The van der Waals surface area contributed by atoms with E-state index in [1.54, 1.807) is 26.0 Å². The van der Waals surface area contributed by atoms with E-state index in [-0.39, 0.29) is 18.1 Å². The van der Waals surface area contributed by atoms with Crippen LogP contribution < -0.4 is 5.32 Å². The number of rotatable bonds is 5. The second-order valence-corrected chi connectivity index (χ2v) is 4.17. The van der Waals surface area contributed by atoms with E-state index in [9.17, 15) is 14.9 Å². The summed E-state index contributed by atoms with van der Waals surface area (Å²) in [5.74, 6) is -0.764. The van der Waals surface area contributed by atoms with Crippen molar-refractivity contribution >= 4 is 11.6 Å². The molecule has 0 aromatic heterocycles. The van der Waals surface area contributed by atoms with Gasteiger partial charge in [-0.1, -0.05) is 12.1 Å². The largest absolute Gasteiger partial charge is 0.392 e. The van der Waals surface area contributed by atoms with Crippen molar-refractivity contribution in [2.24, 2.45) is 0 Å². The minimum absolute atomic E-state index is 0.0392. The summed E-state index contributed by atoms with van der Waals surface area (Å²) in [6.45, 7) is 3.40. The molecular weight excluding hydrogens is 236 g/mol. The number of hydrogen-bond donors (Lipinski definition) is 2. The third kappa shape index (κ3) is 3.81. The van der Waals surface area contributed by atoms with Gasteiger partial charge in [0.25, 0.3) is 5.69 Å². The lowest BCUT2D eigenvalue weighted by atomic mass is 10.00. The first-order chi connectivity index (χ1) is 8.41. The molecule has 0 aliphatic carbocycles. The maximum absolute atomic E-state index is 11.7. The summed E-state index contributed by atoms with van der Waals surface area (Å²) < 4.78 is 0. The fraction of sp³-hybridized carbons (Fsp3) is 0.417. The predicted octanol–water partition coefficient (Wildman–Crippen LogP) is 1.20. The molecule has 0 fully saturated rings. The number of hydrogen-bond acceptors (Lipinski definition) is 4. The van der Waals surface area contributed by atoms with Crippen LogP contribution in [0.5, 0.6) is 0 Å². The van der Waals surface area contributed by atoms with E-state index in [4.69, 9.17) is 5.11 Å². The third-order valence-corrected chi connectivity index (χ3v) is 2.55. The second kappa shape index (κ2) is 6.11. The Labute approximate surface area is 105 Å². The van der Waals surface area contributed by atoms with E-state index >= 15 is 0 Å². The lowest BCUT2D eigenvalue weighted by molar-refractivity contribution is -0.384. The molecule has 1 aromatic carbocycles. The quantitative estimate of drug-likeness (QED) is 0.608. The predicted molar refractivity (Wildman–Crippen MR) is 66.2 cm³/mol. The Morgan fingerprint density at radius 1 is 1.50 bits per heavy atom. The Balaban J connectivity index is 2.77. The number of non-ortho nitro benzene ring substituents is 1. The smallest absolute Gasteiger partial charge is 0.269 e. The maximum Gasteiger partial charge on any atom is 0.269 e. The van der Waals surface area contributed by atoms with Crippen molar-refractivity contribution in [2.45, 2.75) is 25.9 Å². The van der Waals surface area contributed by atoms with E-state index in [1.165, 1.54) is 12.1 Å². The molecular formula is C12H16N2O4. The molecule has 1 aromatic rings. The summed E-state index contributed by atoms with van der Waals surface area (Å²) in [4.78, 5) is 21.9. The SMILES string of the molecule is CC(C(=O)NC[C@H](C)O)c1cccc([N+](=O)[O-])c1. The average Bonchev–Trinajstić information content (AvgIpc) is 2.35. The van der Waals surface area contributed by atoms with Crippen molar-refractivity contribution in [3.8, 4) is 0 Å². The monoisotopic (exact) mass is 252 g/mol. The first-order valence-electron chi connectivity index (χ1n) is 5.62. The molecule has 6 nitrogen and oxygen atoms in total. The molecule has 0 spiro atoms. The first kappa shape index (κ1) is 14.1. The van der Waals surface area contributed by atoms with Crippen molar-refractivity contribution in [2.75, 3.05) is 6.54 Å². The number of carbonyl (C=O) groups is 1. The number of aliphatic hydroxyl groups is 1. The maximum atomic E-state index is 11.7. The Morgan fingerprint density at radius 2 is 2.17 bits per heavy atom. The third-order valence-electron chi connectivity index (χ3n) is 2.55. The molecule has 0 aliphatic heterocycles. The highest BCUT2D eigenvalue weighted by atomic mass is 16.6. The van der Waals surface area contributed by atoms with Gasteiger partial charge < -0.3 is 10.4 Å². The first-order valence-corrected chi connectivity index (χ1v) is 5.62. The molecule has 2 atom stereocenters. The molecule has 6 heteroatoms. The van der Waals surface area contributed by atoms with Crippen LogP contribution in [0.4, 0.5) is 5.69 Å². The minimum atomic E-state index is -0.619. The van der Waals surface area contributed by atoms with Crippen LogP contribution in [0.1, 0.15) is 25.3 Å². The molecule has 1 amide bonds. The molecule has 1 unspecified atom stereocenters. The number of aliphatic hydroxyl groups excluding tert-OH is 1. The molecule has 0 saturated heterocycles. The summed E-state index contributed by atoms with van der Waals surface area (Å²) in [6, 6.07) is 5.97. The topological polar surface area (TPSA) is 92.5 Å². The van der Waals surface area contributed by atoms with E-state index < -0.39 is 16.9 Å². The van der Waals surface area contributed by atoms with Gasteiger partial charge in [-0.25, -0.2) is 0 Å². The van der Waals surface area contributed by atoms with Gasteiger partial charge in [-0.15, -0.1) is 0 Å². The highest BCUT2D eigenvalue weighted by Gasteiger charge is 2.17. The number of nitro groups is 1. The van der Waals surface area contributed by atoms with Gasteiger partial charge in [0.1, 0.15) is 0 Å². The van der Waals surface area contributed by atoms with Crippen molar-refractivity contribution in [1.29, 1.82) is 0 Å². The average molecular weight is 252 g/mol. The standard InChI is InChI=1S/C12H16N2O4/c1-8(15)7-13-12(16)9(2)10-4-3-5-11(6-10)14(17)18/h3-6,8-9,15H,7H2,1-2H3,(H,13,16)/t8-,9?/m0/s1. The van der Waals surface area contributed by atoms with Crippen LogP contribution in [0.3, 0.4) is 0 Å². The summed E-state index contributed by atoms with van der Waals surface area (Å²) in [6.07, 6.45) is -0.619. The van der Waals surface area contributed by atoms with Gasteiger partial charge in [-0.2, -0.15) is 0 Å². The van der Waals surface area contributed by atoms with Gasteiger partial charge >= 0.3 is 0 Å². The second-order valence-electron chi connectivity index (χ2n) is 4.17. The van der Waals surface area contributed by atoms with Gasteiger partial charge in [0.2, 0.25) is 5.91 Å². The zero-order valence-electron chi connectivity index (χ0n) is 10.3. The lowest BCUT2D eigenvalue weighted by Crippen LogP contribution is -2.33. The van der Waals surface area contributed by atoms with E-state index in [0.717, 1.165) is 0 Å². The zero-order chi connectivity index (χ0) is 13.7. The van der Waals surface area contributed by atoms with Gasteiger partial charge in [0.15, 0.2) is 0 Å². The van der Waals surface area contributed by atoms with Crippen LogP contribution in [0.15, 0.2) is 24.3 Å². The van der Waals surface area contributed by atoms with Crippen LogP contribution >= 0.6 is 0 Å². The van der Waals surface area contributed by atoms with Crippen molar-refractivity contribution < 1.29 is 14.8 Å². The minimum Gasteiger partial charge on any atom is -0.392 e. The highest BCUT2D eigenvalue weighted by molar-refractivity contribution is 5.83. The number of nitrogens with one attached hydrogen (secondary N) is 1. The lowest BCUT2D eigenvalue weighted by Gasteiger charge is -2.13. The summed E-state index contributed by atoms with van der Waals surface area (Å²) in [7, 11) is 0. The molecule has 1 rings (SSSR count). The fourth-order valence-electron chi connectivity index (χ4n) is 1.46. The van der Waals surface area contributed by atoms with Gasteiger partial charge in [-0.3, -0.25) is 14.9 Å². The van der Waals surface area contributed by atoms with E-state index in [2.05, 4.69) is 5.32 Å². The van der Waals surface area contributed by atoms with Crippen molar-refractivity contribution in [3.63, 3.8) is 0 Å². The molecule has 0 bridgehead atoms. The Bertz CT molecular complexity index is 445. The van der Waals surface area contributed by atoms with Crippen LogP contribution in [-0.4, -0.2) is 28.6 Å². The molecule has 0 heterocycles. The summed E-state index contributed by atoms with van der Waals surface area (Å²) in [5.41, 5.74) is 0.537. The Hall–Kier alpha value is -1.95. The van der Waals surface area contributed by atoms with Crippen molar-refractivity contribution in [1.82, 2.24) is 5.32 Å². The van der Waals surface area contributed by atoms with Gasteiger partial charge in [0.05, 0.1) is 16.9 Å². The number of carbonyl (C=O) groups excluding carboxylic acids is 1. The van der Waals surface area contributed by atoms with Crippen molar-refractivity contribution in [3.05, 3.63) is 39.9 Å². The van der Waals surface area contributed by atoms with Gasteiger partial charge in [-0.05, 0) is 19.4 Å². The van der Waals surface area contributed by atoms with Crippen LogP contribution in [0.25, 0.3) is 0 Å². The number of nitrogens with zero attached hydrogens (tertiary/aromatic N) is 1. The van der Waals surface area contributed by atoms with Crippen LogP contribution in [0, 0.1) is 10.1 Å². The molecule has 0 saturated carbocycles. The zero-order valence-corrected chi connectivity index (χ0v) is 10.3. The number of amides is 1. The summed E-state index contributed by atoms with van der Waals surface area (Å²) >= 11 is 0. The summed E-state index contributed by atoms with van der Waals surface area (Å²) in [5, 5.41) is 22.3. The number of nitro benzene ring substituents is 1. The van der Waals surface area contributed by atoms with Crippen LogP contribution in [0.2, 0.25) is 0 Å². The highest BCUT2D eigenvalue weighted by Crippen LogP contribution is 2.20. The molecule has 0 radical (unpaired) electrons. The van der Waals surface area contributed by atoms with E-state index in [1.807, 2.05) is 0 Å².